The Hall–Kier alpha value is -2.87. The van der Waals surface area contributed by atoms with Gasteiger partial charge in [-0.3, -0.25) is 9.59 Å². The molecule has 1 aromatic heterocycles. The quantitative estimate of drug-likeness (QED) is 0.722. The van der Waals surface area contributed by atoms with Crippen molar-refractivity contribution in [3.05, 3.63) is 46.3 Å². The molecule has 1 unspecified atom stereocenters. The number of carbonyl (C=O) groups excluding carboxylic acids is 3. The zero-order valence-corrected chi connectivity index (χ0v) is 15.5. The number of hydrogen-bond acceptors (Lipinski definition) is 6. The van der Waals surface area contributed by atoms with Crippen molar-refractivity contribution in [3.63, 3.8) is 0 Å². The summed E-state index contributed by atoms with van der Waals surface area (Å²) in [6, 6.07) is 6.98. The molecule has 1 aromatic carbocycles. The zero-order chi connectivity index (χ0) is 19.3. The molecule has 26 heavy (non-hydrogen) atoms. The Kier molecular flexibility index (Phi) is 6.35. The van der Waals surface area contributed by atoms with E-state index in [2.05, 4.69) is 5.32 Å². The number of thiophene rings is 1. The first-order valence-electron chi connectivity index (χ1n) is 7.85. The summed E-state index contributed by atoms with van der Waals surface area (Å²) >= 11 is 1.15. The van der Waals surface area contributed by atoms with Crippen molar-refractivity contribution in [2.24, 2.45) is 5.73 Å². The fourth-order valence-electron chi connectivity index (χ4n) is 2.04. The minimum absolute atomic E-state index is 0.208. The highest BCUT2D eigenvalue weighted by Gasteiger charge is 2.21. The lowest BCUT2D eigenvalue weighted by Gasteiger charge is -2.14. The number of benzene rings is 1. The van der Waals surface area contributed by atoms with Gasteiger partial charge in [-0.05, 0) is 55.5 Å². The van der Waals surface area contributed by atoms with Crippen LogP contribution in [0.4, 0.5) is 5.00 Å². The van der Waals surface area contributed by atoms with Gasteiger partial charge in [0.25, 0.3) is 11.8 Å². The van der Waals surface area contributed by atoms with E-state index in [0.29, 0.717) is 10.8 Å². The summed E-state index contributed by atoms with van der Waals surface area (Å²) in [5.74, 6) is -1.33. The van der Waals surface area contributed by atoms with Crippen LogP contribution in [0.5, 0.6) is 5.75 Å². The largest absolute Gasteiger partial charge is 0.482 e. The molecule has 1 heterocycles. The second kappa shape index (κ2) is 8.48. The van der Waals surface area contributed by atoms with Crippen molar-refractivity contribution in [3.8, 4) is 5.75 Å². The molecule has 0 aliphatic rings. The van der Waals surface area contributed by atoms with Gasteiger partial charge in [0.05, 0.1) is 5.56 Å². The fourth-order valence-corrected chi connectivity index (χ4v) is 2.84. The first kappa shape index (κ1) is 19.5. The van der Waals surface area contributed by atoms with Gasteiger partial charge in [0.15, 0.2) is 12.7 Å². The zero-order valence-electron chi connectivity index (χ0n) is 14.7. The Bertz CT molecular complexity index is 831. The molecule has 7 nitrogen and oxygen atoms in total. The summed E-state index contributed by atoms with van der Waals surface area (Å²) in [6.45, 7) is 5.04. The van der Waals surface area contributed by atoms with Crippen LogP contribution in [0.2, 0.25) is 0 Å². The van der Waals surface area contributed by atoms with E-state index < -0.39 is 23.9 Å². The Morgan fingerprint density at radius 3 is 2.58 bits per heavy atom. The molecule has 2 amide bonds. The SMILES string of the molecule is Cc1ccc(OCC(=O)OC(C)C(=O)Nc2sccc2C(N)=O)cc1C. The standard InChI is InChI=1S/C18H20N2O5S/c1-10-4-5-13(8-11(10)2)24-9-15(21)25-12(3)17(23)20-18-14(16(19)22)6-7-26-18/h4-8,12H,9H2,1-3H3,(H2,19,22)(H,20,23). The highest BCUT2D eigenvalue weighted by Crippen LogP contribution is 2.23. The van der Waals surface area contributed by atoms with Crippen molar-refractivity contribution in [1.82, 2.24) is 0 Å². The van der Waals surface area contributed by atoms with Gasteiger partial charge in [-0.25, -0.2) is 4.79 Å². The molecule has 3 N–H and O–H groups in total. The maximum atomic E-state index is 12.1. The van der Waals surface area contributed by atoms with Gasteiger partial charge in [0, 0.05) is 0 Å². The van der Waals surface area contributed by atoms with E-state index in [9.17, 15) is 14.4 Å². The van der Waals surface area contributed by atoms with Crippen molar-refractivity contribution in [2.75, 3.05) is 11.9 Å². The van der Waals surface area contributed by atoms with Crippen LogP contribution in [-0.2, 0) is 14.3 Å². The summed E-state index contributed by atoms with van der Waals surface area (Å²) < 4.78 is 10.4. The van der Waals surface area contributed by atoms with E-state index >= 15 is 0 Å². The number of carbonyl (C=O) groups is 3. The molecule has 0 aliphatic carbocycles. The van der Waals surface area contributed by atoms with Crippen molar-refractivity contribution >= 4 is 34.1 Å². The second-order valence-corrected chi connectivity index (χ2v) is 6.60. The summed E-state index contributed by atoms with van der Waals surface area (Å²) in [7, 11) is 0. The number of esters is 1. The minimum Gasteiger partial charge on any atom is -0.482 e. The number of nitrogens with one attached hydrogen (secondary N) is 1. The number of nitrogens with two attached hydrogens (primary N) is 1. The van der Waals surface area contributed by atoms with E-state index in [4.69, 9.17) is 15.2 Å². The topological polar surface area (TPSA) is 108 Å². The van der Waals surface area contributed by atoms with E-state index in [1.807, 2.05) is 26.0 Å². The summed E-state index contributed by atoms with van der Waals surface area (Å²) in [5.41, 5.74) is 7.59. The minimum atomic E-state index is -1.05. The number of anilines is 1. The van der Waals surface area contributed by atoms with Crippen LogP contribution in [0.15, 0.2) is 29.6 Å². The van der Waals surface area contributed by atoms with Crippen LogP contribution in [-0.4, -0.2) is 30.5 Å². The van der Waals surface area contributed by atoms with Crippen LogP contribution < -0.4 is 15.8 Å². The van der Waals surface area contributed by atoms with E-state index in [1.165, 1.54) is 13.0 Å². The lowest BCUT2D eigenvalue weighted by Crippen LogP contribution is -2.32. The molecule has 0 saturated heterocycles. The highest BCUT2D eigenvalue weighted by atomic mass is 32.1. The van der Waals surface area contributed by atoms with Gasteiger partial charge in [-0.1, -0.05) is 6.07 Å². The highest BCUT2D eigenvalue weighted by molar-refractivity contribution is 7.14. The molecule has 0 fully saturated rings. The fraction of sp³-hybridized carbons (Fsp3) is 0.278. The molecule has 0 saturated carbocycles. The molecule has 138 valence electrons. The van der Waals surface area contributed by atoms with Crippen LogP contribution in [0.3, 0.4) is 0 Å². The van der Waals surface area contributed by atoms with Crippen LogP contribution in [0, 0.1) is 13.8 Å². The monoisotopic (exact) mass is 376 g/mol. The molecule has 0 radical (unpaired) electrons. The molecular weight excluding hydrogens is 356 g/mol. The molecule has 2 aromatic rings. The Labute approximate surface area is 155 Å². The maximum absolute atomic E-state index is 12.1. The molecule has 2 rings (SSSR count). The van der Waals surface area contributed by atoms with Gasteiger partial charge >= 0.3 is 5.97 Å². The first-order valence-corrected chi connectivity index (χ1v) is 8.73. The van der Waals surface area contributed by atoms with E-state index in [1.54, 1.807) is 11.4 Å². The molecule has 1 atom stereocenters. The number of primary amides is 1. The Balaban J connectivity index is 1.85. The second-order valence-electron chi connectivity index (χ2n) is 5.68. The smallest absolute Gasteiger partial charge is 0.344 e. The van der Waals surface area contributed by atoms with Gasteiger partial charge in [0.1, 0.15) is 10.8 Å². The molecule has 0 bridgehead atoms. The van der Waals surface area contributed by atoms with Crippen LogP contribution in [0.25, 0.3) is 0 Å². The summed E-state index contributed by atoms with van der Waals surface area (Å²) in [4.78, 5) is 35.2. The first-order chi connectivity index (χ1) is 12.3. The predicted molar refractivity (Wildman–Crippen MR) is 98.4 cm³/mol. The van der Waals surface area contributed by atoms with Gasteiger partial charge in [0.2, 0.25) is 0 Å². The third-order valence-electron chi connectivity index (χ3n) is 3.68. The number of amides is 2. The molecule has 0 aliphatic heterocycles. The molecular formula is C18H20N2O5S. The number of hydrogen-bond donors (Lipinski definition) is 2. The number of ether oxygens (including phenoxy) is 2. The predicted octanol–water partition coefficient (Wildman–Crippen LogP) is 2.41. The third-order valence-corrected chi connectivity index (χ3v) is 4.51. The molecule has 0 spiro atoms. The lowest BCUT2D eigenvalue weighted by atomic mass is 10.1. The lowest BCUT2D eigenvalue weighted by molar-refractivity contribution is -0.155. The summed E-state index contributed by atoms with van der Waals surface area (Å²) in [5, 5.41) is 4.47. The van der Waals surface area contributed by atoms with Gasteiger partial charge in [-0.15, -0.1) is 11.3 Å². The van der Waals surface area contributed by atoms with Crippen LogP contribution in [0.1, 0.15) is 28.4 Å². The van der Waals surface area contributed by atoms with Crippen molar-refractivity contribution in [1.29, 1.82) is 0 Å². The number of aryl methyl sites for hydroxylation is 2. The Morgan fingerprint density at radius 2 is 1.92 bits per heavy atom. The molecule has 8 heteroatoms. The maximum Gasteiger partial charge on any atom is 0.344 e. The van der Waals surface area contributed by atoms with E-state index in [-0.39, 0.29) is 12.2 Å². The van der Waals surface area contributed by atoms with Crippen molar-refractivity contribution < 1.29 is 23.9 Å². The summed E-state index contributed by atoms with van der Waals surface area (Å²) in [6.07, 6.45) is -1.05. The number of rotatable bonds is 7. The van der Waals surface area contributed by atoms with Crippen LogP contribution >= 0.6 is 11.3 Å². The normalized spacial score (nSPS) is 11.5. The van der Waals surface area contributed by atoms with Gasteiger partial charge in [-0.2, -0.15) is 0 Å². The third kappa shape index (κ3) is 5.06. The Morgan fingerprint density at radius 1 is 1.19 bits per heavy atom. The van der Waals surface area contributed by atoms with E-state index in [0.717, 1.165) is 22.5 Å². The average Bonchev–Trinajstić information content (AvgIpc) is 3.04. The van der Waals surface area contributed by atoms with Gasteiger partial charge < -0.3 is 20.5 Å². The van der Waals surface area contributed by atoms with Crippen molar-refractivity contribution in [2.45, 2.75) is 26.9 Å². The average molecular weight is 376 g/mol.